The minimum Gasteiger partial charge on any atom is -0.320 e. The van der Waals surface area contributed by atoms with E-state index in [-0.39, 0.29) is 23.0 Å². The van der Waals surface area contributed by atoms with Gasteiger partial charge in [-0.15, -0.1) is 10.2 Å². The van der Waals surface area contributed by atoms with E-state index in [2.05, 4.69) is 15.5 Å². The van der Waals surface area contributed by atoms with E-state index in [0.29, 0.717) is 11.7 Å². The summed E-state index contributed by atoms with van der Waals surface area (Å²) in [6, 6.07) is 6.02. The largest absolute Gasteiger partial charge is 0.320 e. The van der Waals surface area contributed by atoms with Crippen LogP contribution in [0.5, 0.6) is 0 Å². The molecule has 1 aromatic carbocycles. The number of carbonyl (C=O) groups excluding carboxylic acids is 1. The summed E-state index contributed by atoms with van der Waals surface area (Å²) < 4.78 is 1.81. The summed E-state index contributed by atoms with van der Waals surface area (Å²) in [5, 5.41) is 21.7. The van der Waals surface area contributed by atoms with Gasteiger partial charge in [-0.1, -0.05) is 23.9 Å². The first-order chi connectivity index (χ1) is 10.1. The molecule has 1 N–H and O–H groups in total. The molecule has 0 unspecified atom stereocenters. The zero-order valence-corrected chi connectivity index (χ0v) is 12.0. The van der Waals surface area contributed by atoms with E-state index in [1.54, 1.807) is 18.5 Å². The number of anilines is 1. The van der Waals surface area contributed by atoms with Crippen molar-refractivity contribution in [2.75, 3.05) is 11.1 Å². The average Bonchev–Trinajstić information content (AvgIpc) is 2.93. The molecule has 0 aliphatic heterocycles. The van der Waals surface area contributed by atoms with Crippen molar-refractivity contribution in [2.24, 2.45) is 0 Å². The molecule has 0 saturated heterocycles. The predicted octanol–water partition coefficient (Wildman–Crippen LogP) is 1.94. The van der Waals surface area contributed by atoms with Gasteiger partial charge in [-0.25, -0.2) is 0 Å². The number of thioether (sulfide) groups is 1. The van der Waals surface area contributed by atoms with Gasteiger partial charge in [-0.3, -0.25) is 14.9 Å². The summed E-state index contributed by atoms with van der Waals surface area (Å²) in [5.74, 6) is -0.231. The summed E-state index contributed by atoms with van der Waals surface area (Å²) in [6.45, 7) is 2.65. The Morgan fingerprint density at radius 1 is 1.48 bits per heavy atom. The monoisotopic (exact) mass is 307 g/mol. The van der Waals surface area contributed by atoms with Gasteiger partial charge in [0.25, 0.3) is 5.69 Å². The summed E-state index contributed by atoms with van der Waals surface area (Å²) in [5.41, 5.74) is 0.0534. The highest BCUT2D eigenvalue weighted by atomic mass is 32.2. The second-order valence-electron chi connectivity index (χ2n) is 4.01. The molecule has 0 aliphatic carbocycles. The molecule has 110 valence electrons. The molecule has 1 heterocycles. The molecule has 9 heteroatoms. The first-order valence-electron chi connectivity index (χ1n) is 6.15. The van der Waals surface area contributed by atoms with Crippen LogP contribution in [0, 0.1) is 10.1 Å². The molecule has 0 spiro atoms. The standard InChI is InChI=1S/C12H13N5O3S/c1-2-16-8-13-15-12(16)21-7-11(18)14-9-5-3-4-6-10(9)17(19)20/h3-6,8H,2,7H2,1H3,(H,14,18). The van der Waals surface area contributed by atoms with Gasteiger partial charge in [0, 0.05) is 12.6 Å². The quantitative estimate of drug-likeness (QED) is 0.497. The number of nitro benzene ring substituents is 1. The number of aromatic nitrogens is 3. The van der Waals surface area contributed by atoms with Crippen LogP contribution < -0.4 is 5.32 Å². The maximum atomic E-state index is 11.9. The van der Waals surface area contributed by atoms with Crippen molar-refractivity contribution in [3.63, 3.8) is 0 Å². The van der Waals surface area contributed by atoms with E-state index in [1.807, 2.05) is 11.5 Å². The minimum absolute atomic E-state index is 0.102. The second-order valence-corrected chi connectivity index (χ2v) is 4.95. The van der Waals surface area contributed by atoms with E-state index >= 15 is 0 Å². The Bertz CT molecular complexity index is 658. The zero-order valence-electron chi connectivity index (χ0n) is 11.2. The third-order valence-corrected chi connectivity index (χ3v) is 3.61. The van der Waals surface area contributed by atoms with Crippen LogP contribution in [-0.4, -0.2) is 31.3 Å². The number of rotatable bonds is 6. The molecule has 0 atom stereocenters. The second kappa shape index (κ2) is 6.84. The van der Waals surface area contributed by atoms with Crippen LogP contribution in [0.2, 0.25) is 0 Å². The highest BCUT2D eigenvalue weighted by Gasteiger charge is 2.15. The van der Waals surface area contributed by atoms with E-state index in [0.717, 1.165) is 0 Å². The molecule has 1 aromatic heterocycles. The van der Waals surface area contributed by atoms with E-state index in [1.165, 1.54) is 23.9 Å². The molecular weight excluding hydrogens is 294 g/mol. The molecule has 0 aliphatic rings. The number of carbonyl (C=O) groups is 1. The van der Waals surface area contributed by atoms with Gasteiger partial charge in [-0.2, -0.15) is 0 Å². The van der Waals surface area contributed by atoms with Crippen molar-refractivity contribution in [3.8, 4) is 0 Å². The van der Waals surface area contributed by atoms with Gasteiger partial charge in [0.2, 0.25) is 5.91 Å². The van der Waals surface area contributed by atoms with E-state index in [9.17, 15) is 14.9 Å². The molecule has 0 fully saturated rings. The van der Waals surface area contributed by atoms with Crippen LogP contribution in [0.1, 0.15) is 6.92 Å². The number of nitrogens with one attached hydrogen (secondary N) is 1. The molecule has 0 bridgehead atoms. The number of nitrogens with zero attached hydrogens (tertiary/aromatic N) is 4. The molecule has 0 saturated carbocycles. The lowest BCUT2D eigenvalue weighted by Gasteiger charge is -2.06. The van der Waals surface area contributed by atoms with Crippen molar-refractivity contribution in [2.45, 2.75) is 18.6 Å². The number of benzene rings is 1. The normalized spacial score (nSPS) is 10.3. The Morgan fingerprint density at radius 3 is 2.95 bits per heavy atom. The fourth-order valence-corrected chi connectivity index (χ4v) is 2.41. The van der Waals surface area contributed by atoms with Gasteiger partial charge in [-0.05, 0) is 13.0 Å². The molecule has 8 nitrogen and oxygen atoms in total. The Labute approximate surface area is 124 Å². The topological polar surface area (TPSA) is 103 Å². The van der Waals surface area contributed by atoms with E-state index in [4.69, 9.17) is 0 Å². The Balaban J connectivity index is 1.98. The van der Waals surface area contributed by atoms with Crippen molar-refractivity contribution in [3.05, 3.63) is 40.7 Å². The van der Waals surface area contributed by atoms with Crippen LogP contribution in [0.4, 0.5) is 11.4 Å². The third kappa shape index (κ3) is 3.78. The van der Waals surface area contributed by atoms with Crippen molar-refractivity contribution >= 4 is 29.0 Å². The first-order valence-corrected chi connectivity index (χ1v) is 7.14. The lowest BCUT2D eigenvalue weighted by Crippen LogP contribution is -2.15. The van der Waals surface area contributed by atoms with Crippen molar-refractivity contribution in [1.82, 2.24) is 14.8 Å². The summed E-state index contributed by atoms with van der Waals surface area (Å²) >= 11 is 1.23. The van der Waals surface area contributed by atoms with Crippen LogP contribution in [0.15, 0.2) is 35.7 Å². The first kappa shape index (κ1) is 15.0. The average molecular weight is 307 g/mol. The van der Waals surface area contributed by atoms with Gasteiger partial charge in [0.15, 0.2) is 5.16 Å². The number of para-hydroxylation sites is 2. The molecule has 21 heavy (non-hydrogen) atoms. The lowest BCUT2D eigenvalue weighted by atomic mass is 10.2. The Kier molecular flexibility index (Phi) is 4.88. The number of hydrogen-bond donors (Lipinski definition) is 1. The van der Waals surface area contributed by atoms with Crippen molar-refractivity contribution in [1.29, 1.82) is 0 Å². The van der Waals surface area contributed by atoms with Crippen LogP contribution in [0.25, 0.3) is 0 Å². The van der Waals surface area contributed by atoms with Crippen LogP contribution in [-0.2, 0) is 11.3 Å². The SMILES string of the molecule is CCn1cnnc1SCC(=O)Nc1ccccc1[N+](=O)[O-]. The van der Waals surface area contributed by atoms with Crippen LogP contribution in [0.3, 0.4) is 0 Å². The third-order valence-electron chi connectivity index (χ3n) is 2.63. The summed E-state index contributed by atoms with van der Waals surface area (Å²) in [6.07, 6.45) is 1.59. The minimum atomic E-state index is -0.531. The van der Waals surface area contributed by atoms with Crippen molar-refractivity contribution < 1.29 is 9.72 Å². The lowest BCUT2D eigenvalue weighted by molar-refractivity contribution is -0.383. The smallest absolute Gasteiger partial charge is 0.292 e. The molecular formula is C12H13N5O3S. The predicted molar refractivity (Wildman–Crippen MR) is 78.1 cm³/mol. The van der Waals surface area contributed by atoms with Crippen LogP contribution >= 0.6 is 11.8 Å². The molecule has 2 rings (SSSR count). The van der Waals surface area contributed by atoms with Gasteiger partial charge in [0.05, 0.1) is 10.7 Å². The molecule has 1 amide bonds. The fraction of sp³-hybridized carbons (Fsp3) is 0.250. The van der Waals surface area contributed by atoms with Gasteiger partial charge in [0.1, 0.15) is 12.0 Å². The Hall–Kier alpha value is -2.42. The number of aryl methyl sites for hydroxylation is 1. The molecule has 0 radical (unpaired) electrons. The fourth-order valence-electron chi connectivity index (χ4n) is 1.63. The van der Waals surface area contributed by atoms with Gasteiger partial charge < -0.3 is 9.88 Å². The molecule has 2 aromatic rings. The van der Waals surface area contributed by atoms with E-state index < -0.39 is 4.92 Å². The maximum absolute atomic E-state index is 11.9. The number of amides is 1. The zero-order chi connectivity index (χ0) is 15.2. The number of nitro groups is 1. The highest BCUT2D eigenvalue weighted by Crippen LogP contribution is 2.23. The van der Waals surface area contributed by atoms with Gasteiger partial charge >= 0.3 is 0 Å². The highest BCUT2D eigenvalue weighted by molar-refractivity contribution is 7.99. The Morgan fingerprint density at radius 2 is 2.24 bits per heavy atom. The number of hydrogen-bond acceptors (Lipinski definition) is 6. The summed E-state index contributed by atoms with van der Waals surface area (Å²) in [7, 11) is 0. The summed E-state index contributed by atoms with van der Waals surface area (Å²) in [4.78, 5) is 22.2. The maximum Gasteiger partial charge on any atom is 0.292 e.